The van der Waals surface area contributed by atoms with Crippen LogP contribution in [0.4, 0.5) is 11.6 Å². The Labute approximate surface area is 96.1 Å². The zero-order chi connectivity index (χ0) is 12.0. The summed E-state index contributed by atoms with van der Waals surface area (Å²) in [7, 11) is 1.93. The lowest BCUT2D eigenvalue weighted by molar-refractivity contribution is 0.693. The summed E-state index contributed by atoms with van der Waals surface area (Å²) < 4.78 is 0. The molecule has 5 heteroatoms. The average molecular weight is 219 g/mol. The third kappa shape index (κ3) is 3.09. The fraction of sp³-hybridized carbons (Fsp3) is 0.545. The SMILES string of the molecule is CCNc1cc(N(C)C(C)CC#N)ncn1. The number of rotatable bonds is 5. The van der Waals surface area contributed by atoms with Crippen molar-refractivity contribution in [3.05, 3.63) is 12.4 Å². The van der Waals surface area contributed by atoms with Gasteiger partial charge in [0.15, 0.2) is 0 Å². The maximum Gasteiger partial charge on any atom is 0.134 e. The van der Waals surface area contributed by atoms with Gasteiger partial charge >= 0.3 is 0 Å². The van der Waals surface area contributed by atoms with Gasteiger partial charge in [0.1, 0.15) is 18.0 Å². The van der Waals surface area contributed by atoms with Crippen LogP contribution >= 0.6 is 0 Å². The van der Waals surface area contributed by atoms with E-state index in [4.69, 9.17) is 5.26 Å². The summed E-state index contributed by atoms with van der Waals surface area (Å²) in [5.74, 6) is 1.64. The normalized spacial score (nSPS) is 11.6. The molecule has 1 aromatic heterocycles. The van der Waals surface area contributed by atoms with Crippen molar-refractivity contribution in [3.8, 4) is 6.07 Å². The van der Waals surface area contributed by atoms with Gasteiger partial charge in [-0.15, -0.1) is 0 Å². The van der Waals surface area contributed by atoms with E-state index < -0.39 is 0 Å². The predicted molar refractivity (Wildman–Crippen MR) is 64.3 cm³/mol. The van der Waals surface area contributed by atoms with Crippen LogP contribution < -0.4 is 10.2 Å². The van der Waals surface area contributed by atoms with Gasteiger partial charge in [0.05, 0.1) is 12.5 Å². The van der Waals surface area contributed by atoms with E-state index in [1.54, 1.807) is 0 Å². The molecule has 1 N–H and O–H groups in total. The van der Waals surface area contributed by atoms with Crippen molar-refractivity contribution in [1.29, 1.82) is 5.26 Å². The minimum atomic E-state index is 0.148. The Kier molecular flexibility index (Phi) is 4.52. The minimum absolute atomic E-state index is 0.148. The summed E-state index contributed by atoms with van der Waals surface area (Å²) in [6.07, 6.45) is 2.01. The summed E-state index contributed by atoms with van der Waals surface area (Å²) in [6.45, 7) is 4.84. The molecule has 16 heavy (non-hydrogen) atoms. The van der Waals surface area contributed by atoms with Crippen LogP contribution in [-0.4, -0.2) is 29.6 Å². The van der Waals surface area contributed by atoms with Crippen molar-refractivity contribution in [1.82, 2.24) is 9.97 Å². The van der Waals surface area contributed by atoms with Crippen LogP contribution in [0.2, 0.25) is 0 Å². The zero-order valence-electron chi connectivity index (χ0n) is 9.94. The zero-order valence-corrected chi connectivity index (χ0v) is 9.94. The van der Waals surface area contributed by atoms with E-state index in [-0.39, 0.29) is 6.04 Å². The van der Waals surface area contributed by atoms with Gasteiger partial charge in [0, 0.05) is 25.7 Å². The molecule has 0 amide bonds. The van der Waals surface area contributed by atoms with Crippen LogP contribution in [0.5, 0.6) is 0 Å². The Morgan fingerprint density at radius 2 is 2.31 bits per heavy atom. The lowest BCUT2D eigenvalue weighted by Crippen LogP contribution is -2.29. The smallest absolute Gasteiger partial charge is 0.134 e. The van der Waals surface area contributed by atoms with Crippen molar-refractivity contribution in [2.24, 2.45) is 0 Å². The molecule has 0 aliphatic heterocycles. The molecule has 0 fully saturated rings. The minimum Gasteiger partial charge on any atom is -0.370 e. The van der Waals surface area contributed by atoms with Crippen molar-refractivity contribution < 1.29 is 0 Å². The van der Waals surface area contributed by atoms with Crippen LogP contribution in [0.25, 0.3) is 0 Å². The highest BCUT2D eigenvalue weighted by Crippen LogP contribution is 2.15. The number of aromatic nitrogens is 2. The highest BCUT2D eigenvalue weighted by atomic mass is 15.2. The highest BCUT2D eigenvalue weighted by molar-refractivity contribution is 5.48. The molecule has 1 unspecified atom stereocenters. The van der Waals surface area contributed by atoms with Gasteiger partial charge < -0.3 is 10.2 Å². The third-order valence-electron chi connectivity index (χ3n) is 2.42. The largest absolute Gasteiger partial charge is 0.370 e. The number of nitrogens with one attached hydrogen (secondary N) is 1. The Balaban J connectivity index is 2.79. The molecule has 0 radical (unpaired) electrons. The number of hydrogen-bond donors (Lipinski definition) is 1. The van der Waals surface area contributed by atoms with Gasteiger partial charge in [-0.1, -0.05) is 0 Å². The van der Waals surface area contributed by atoms with E-state index >= 15 is 0 Å². The van der Waals surface area contributed by atoms with Crippen LogP contribution in [0, 0.1) is 11.3 Å². The van der Waals surface area contributed by atoms with Crippen LogP contribution in [0.1, 0.15) is 20.3 Å². The molecule has 5 nitrogen and oxygen atoms in total. The molecule has 1 heterocycles. The van der Waals surface area contributed by atoms with E-state index in [0.29, 0.717) is 6.42 Å². The van der Waals surface area contributed by atoms with Crippen molar-refractivity contribution in [3.63, 3.8) is 0 Å². The fourth-order valence-electron chi connectivity index (χ4n) is 1.31. The summed E-state index contributed by atoms with van der Waals surface area (Å²) in [5, 5.41) is 11.8. The standard InChI is InChI=1S/C11H17N5/c1-4-13-10-7-11(15-8-14-10)16(3)9(2)5-6-12/h7-9H,4-5H2,1-3H3,(H,13,14,15). The second kappa shape index (κ2) is 5.91. The lowest BCUT2D eigenvalue weighted by atomic mass is 10.2. The van der Waals surface area contributed by atoms with E-state index in [2.05, 4.69) is 21.4 Å². The summed E-state index contributed by atoms with van der Waals surface area (Å²) in [6, 6.07) is 4.19. The molecule has 0 spiro atoms. The van der Waals surface area contributed by atoms with Crippen molar-refractivity contribution >= 4 is 11.6 Å². The molecular formula is C11H17N5. The number of hydrogen-bond acceptors (Lipinski definition) is 5. The first-order valence-electron chi connectivity index (χ1n) is 5.34. The summed E-state index contributed by atoms with van der Waals surface area (Å²) >= 11 is 0. The van der Waals surface area contributed by atoms with Gasteiger partial charge in [0.2, 0.25) is 0 Å². The van der Waals surface area contributed by atoms with Crippen LogP contribution in [-0.2, 0) is 0 Å². The number of anilines is 2. The van der Waals surface area contributed by atoms with E-state index in [1.807, 2.05) is 31.9 Å². The van der Waals surface area contributed by atoms with E-state index in [9.17, 15) is 0 Å². The van der Waals surface area contributed by atoms with Crippen LogP contribution in [0.3, 0.4) is 0 Å². The Morgan fingerprint density at radius 1 is 1.56 bits per heavy atom. The first kappa shape index (κ1) is 12.2. The maximum atomic E-state index is 8.65. The average Bonchev–Trinajstić information content (AvgIpc) is 2.29. The molecule has 1 aromatic rings. The van der Waals surface area contributed by atoms with E-state index in [0.717, 1.165) is 18.2 Å². The molecule has 0 bridgehead atoms. The first-order valence-corrected chi connectivity index (χ1v) is 5.34. The summed E-state index contributed by atoms with van der Waals surface area (Å²) in [4.78, 5) is 10.3. The van der Waals surface area contributed by atoms with Crippen molar-refractivity contribution in [2.45, 2.75) is 26.3 Å². The van der Waals surface area contributed by atoms with E-state index in [1.165, 1.54) is 6.33 Å². The topological polar surface area (TPSA) is 64.8 Å². The van der Waals surface area contributed by atoms with Gasteiger partial charge in [-0.25, -0.2) is 9.97 Å². The molecular weight excluding hydrogens is 202 g/mol. The summed E-state index contributed by atoms with van der Waals surface area (Å²) in [5.41, 5.74) is 0. The lowest BCUT2D eigenvalue weighted by Gasteiger charge is -2.24. The second-order valence-corrected chi connectivity index (χ2v) is 3.61. The highest BCUT2D eigenvalue weighted by Gasteiger charge is 2.11. The molecule has 0 aliphatic carbocycles. The molecule has 86 valence electrons. The molecule has 0 aliphatic rings. The monoisotopic (exact) mass is 219 g/mol. The first-order chi connectivity index (χ1) is 7.69. The van der Waals surface area contributed by atoms with Crippen LogP contribution in [0.15, 0.2) is 12.4 Å². The fourth-order valence-corrected chi connectivity index (χ4v) is 1.31. The molecule has 0 saturated heterocycles. The van der Waals surface area contributed by atoms with Gasteiger partial charge in [-0.3, -0.25) is 0 Å². The molecule has 0 saturated carbocycles. The molecule has 1 atom stereocenters. The number of nitrogens with zero attached hydrogens (tertiary/aromatic N) is 4. The second-order valence-electron chi connectivity index (χ2n) is 3.61. The van der Waals surface area contributed by atoms with Gasteiger partial charge in [0.25, 0.3) is 0 Å². The molecule has 0 aromatic carbocycles. The maximum absolute atomic E-state index is 8.65. The quantitative estimate of drug-likeness (QED) is 0.815. The van der Waals surface area contributed by atoms with Gasteiger partial charge in [-0.05, 0) is 13.8 Å². The number of nitriles is 1. The predicted octanol–water partition coefficient (Wildman–Crippen LogP) is 1.65. The Hall–Kier alpha value is -1.83. The third-order valence-corrected chi connectivity index (χ3v) is 2.42. The Morgan fingerprint density at radius 3 is 2.94 bits per heavy atom. The van der Waals surface area contributed by atoms with Crippen molar-refractivity contribution in [2.75, 3.05) is 23.8 Å². The Bertz CT molecular complexity index is 371. The molecule has 1 rings (SSSR count). The van der Waals surface area contributed by atoms with Gasteiger partial charge in [-0.2, -0.15) is 5.26 Å².